The second kappa shape index (κ2) is 102. The van der Waals surface area contributed by atoms with Crippen molar-refractivity contribution in [2.45, 2.75) is 305 Å². The summed E-state index contributed by atoms with van der Waals surface area (Å²) in [5.74, 6) is 0. The molecule has 0 amide bonds. The number of aryl methyl sites for hydroxylation is 4. The van der Waals surface area contributed by atoms with Gasteiger partial charge in [0.2, 0.25) is 0 Å². The highest BCUT2D eigenvalue weighted by Gasteiger charge is 2.13. The van der Waals surface area contributed by atoms with E-state index in [1.807, 2.05) is 277 Å². The van der Waals surface area contributed by atoms with Gasteiger partial charge in [-0.2, -0.15) is 0 Å². The van der Waals surface area contributed by atoms with Crippen LogP contribution in [-0.2, 0) is 0 Å². The fourth-order valence-electron chi connectivity index (χ4n) is 13.0. The Balaban J connectivity index is -0.000000246. The molecule has 0 saturated heterocycles. The van der Waals surface area contributed by atoms with Gasteiger partial charge in [-0.15, -0.1) is 0 Å². The zero-order valence-electron chi connectivity index (χ0n) is 97.3. The summed E-state index contributed by atoms with van der Waals surface area (Å²) < 4.78 is 0. The smallest absolute Gasteiger partial charge is 0.0103 e. The third-order valence-electron chi connectivity index (χ3n) is 18.5. The Morgan fingerprint density at radius 3 is 0.493 bits per heavy atom. The number of hydrogen-bond acceptors (Lipinski definition) is 0. The Kier molecular flexibility index (Phi) is 105. The Hall–Kier alpha value is -12.5. The topological polar surface area (TPSA) is 0 Å². The lowest BCUT2D eigenvalue weighted by Crippen LogP contribution is -1.88. The maximum Gasteiger partial charge on any atom is -0.0103 e. The first-order chi connectivity index (χ1) is 69.3. The van der Waals surface area contributed by atoms with Gasteiger partial charge in [-0.1, -0.05) is 695 Å². The lowest BCUT2D eigenvalue weighted by Gasteiger charge is -2.13. The van der Waals surface area contributed by atoms with E-state index in [1.165, 1.54) is 156 Å². The molecule has 0 aliphatic heterocycles. The van der Waals surface area contributed by atoms with E-state index in [0.717, 1.165) is 0 Å². The van der Waals surface area contributed by atoms with Crippen molar-refractivity contribution in [1.82, 2.24) is 0 Å². The van der Waals surface area contributed by atoms with E-state index < -0.39 is 0 Å². The van der Waals surface area contributed by atoms with Crippen LogP contribution < -0.4 is 0 Å². The number of benzene rings is 16. The minimum atomic E-state index is 1.25. The highest BCUT2D eigenvalue weighted by atomic mass is 14.2. The summed E-state index contributed by atoms with van der Waals surface area (Å²) in [5.41, 5.74) is 35.4. The minimum Gasteiger partial charge on any atom is -0.0683 e. The molecule has 0 aliphatic rings. The maximum atomic E-state index is 2.28. The first-order valence-corrected chi connectivity index (χ1v) is 54.5. The van der Waals surface area contributed by atoms with E-state index in [9.17, 15) is 0 Å². The number of hydrogen-bond donors (Lipinski definition) is 0. The lowest BCUT2D eigenvalue weighted by atomic mass is 9.91. The van der Waals surface area contributed by atoms with Crippen molar-refractivity contribution in [1.29, 1.82) is 0 Å². The second-order valence-electron chi connectivity index (χ2n) is 25.4. The van der Waals surface area contributed by atoms with Crippen LogP contribution in [0.5, 0.6) is 0 Å². The van der Waals surface area contributed by atoms with Gasteiger partial charge >= 0.3 is 0 Å². The van der Waals surface area contributed by atoms with Gasteiger partial charge in [-0.05, 0) is 178 Å². The molecule has 0 heteroatoms. The van der Waals surface area contributed by atoms with Gasteiger partial charge in [0.15, 0.2) is 0 Å². The van der Waals surface area contributed by atoms with Crippen LogP contribution in [0, 0.1) is 27.7 Å². The Labute approximate surface area is 866 Å². The summed E-state index contributed by atoms with van der Waals surface area (Å²) in [6, 6.07) is 147. The molecule has 16 aromatic rings. The van der Waals surface area contributed by atoms with Gasteiger partial charge in [-0.3, -0.25) is 0 Å². The van der Waals surface area contributed by atoms with Crippen LogP contribution in [0.3, 0.4) is 0 Å². The molecule has 0 bridgehead atoms. The van der Waals surface area contributed by atoms with Gasteiger partial charge in [0.05, 0.1) is 0 Å². The largest absolute Gasteiger partial charge is 0.0683 e. The first-order valence-electron chi connectivity index (χ1n) is 54.5. The maximum absolute atomic E-state index is 2.28. The fraction of sp³-hybridized carbons (Fsp3) is 0.314. The van der Waals surface area contributed by atoms with Gasteiger partial charge < -0.3 is 0 Å². The highest BCUT2D eigenvalue weighted by molar-refractivity contribution is 5.88. The van der Waals surface area contributed by atoms with Gasteiger partial charge in [-0.25, -0.2) is 0 Å². The number of rotatable bonds is 12. The molecule has 0 atom stereocenters. The van der Waals surface area contributed by atoms with Crippen LogP contribution in [0.4, 0.5) is 0 Å². The van der Waals surface area contributed by atoms with E-state index in [-0.39, 0.29) is 0 Å². The van der Waals surface area contributed by atoms with Crippen molar-refractivity contribution in [3.8, 4) is 134 Å². The van der Waals surface area contributed by atoms with E-state index in [1.54, 1.807) is 0 Å². The molecular weight excluding hydrogens is 1680 g/mol. The molecular formula is C140H200. The summed E-state index contributed by atoms with van der Waals surface area (Å²) in [6.45, 7) is 88.6. The minimum absolute atomic E-state index is 1.25. The van der Waals surface area contributed by atoms with Gasteiger partial charge in [0.25, 0.3) is 0 Å². The van der Waals surface area contributed by atoms with Gasteiger partial charge in [0.1, 0.15) is 0 Å². The molecule has 0 saturated carbocycles. The summed E-state index contributed by atoms with van der Waals surface area (Å²) in [5, 5.41) is 0. The van der Waals surface area contributed by atoms with Crippen LogP contribution in [0.1, 0.15) is 299 Å². The van der Waals surface area contributed by atoms with E-state index in [2.05, 4.69) is 440 Å². The Bertz CT molecular complexity index is 5250. The van der Waals surface area contributed by atoms with Crippen molar-refractivity contribution < 1.29 is 0 Å². The second-order valence-corrected chi connectivity index (χ2v) is 25.4. The van der Waals surface area contributed by atoms with Crippen molar-refractivity contribution in [2.24, 2.45) is 0 Å². The monoisotopic (exact) mass is 1880 g/mol. The summed E-state index contributed by atoms with van der Waals surface area (Å²) in [4.78, 5) is 0. The predicted molar refractivity (Wildman–Crippen MR) is 657 cm³/mol. The predicted octanol–water partition coefficient (Wildman–Crippen LogP) is 48.5. The molecule has 0 unspecified atom stereocenters. The van der Waals surface area contributed by atoms with Crippen molar-refractivity contribution >= 4 is 0 Å². The van der Waals surface area contributed by atoms with E-state index in [4.69, 9.17) is 0 Å². The average Bonchev–Trinajstić information content (AvgIpc) is 0.807. The molecule has 0 aliphatic carbocycles. The first kappa shape index (κ1) is 143. The molecule has 16 rings (SSSR count). The van der Waals surface area contributed by atoms with Crippen LogP contribution in [-0.4, -0.2) is 0 Å². The Morgan fingerprint density at radius 2 is 0.243 bits per heavy atom. The normalized spacial score (nSPS) is 8.43. The van der Waals surface area contributed by atoms with Crippen LogP contribution in [0.15, 0.2) is 413 Å². The summed E-state index contributed by atoms with van der Waals surface area (Å²) in [6.07, 6.45) is 0. The standard InChI is InChI=1S/4C25H20.20C2H6/c1-19-9-5-6-12-23(19)25-14-8-7-13-24(25)22-17-15-21(16-18-22)20-10-3-2-4-11-20;1-19-8-7-11-23(18-19)25-13-6-5-12-24(25)22-16-14-21(15-17-22)20-9-3-2-4-10-20;1-19-8-5-6-13-25(19)24-12-7-11-23(18-24)22-16-14-21(15-17-22)20-9-3-2-4-10-20;1-19-11-13-22(14-12-19)24-9-5-6-10-25(24)23-17-15-21(16-18-23)20-7-3-2-4-8-20;20*1-2/h4*2-18H,1H3;20*1-2H3. The van der Waals surface area contributed by atoms with Crippen LogP contribution in [0.25, 0.3) is 134 Å². The lowest BCUT2D eigenvalue weighted by molar-refractivity contribution is 1.45. The molecule has 0 fully saturated rings. The molecule has 0 N–H and O–H groups in total. The molecule has 0 heterocycles. The molecule has 760 valence electrons. The zero-order chi connectivity index (χ0) is 108. The molecule has 16 aromatic carbocycles. The SMILES string of the molecule is CC.CC.CC.CC.CC.CC.CC.CC.CC.CC.CC.CC.CC.CC.CC.CC.CC.CC.CC.CC.Cc1ccc(-c2ccccc2-c2ccc(-c3ccccc3)cc2)cc1.Cc1cccc(-c2ccccc2-c2ccc(-c3ccccc3)cc2)c1.Cc1ccccc1-c1cccc(-c2ccc(-c3ccccc3)cc2)c1.Cc1ccccc1-c1ccccc1-c1ccc(-c2ccccc2)cc1. The average molecular weight is 1880 g/mol. The molecule has 140 heavy (non-hydrogen) atoms. The van der Waals surface area contributed by atoms with Gasteiger partial charge in [0, 0.05) is 0 Å². The van der Waals surface area contributed by atoms with Crippen LogP contribution in [0.2, 0.25) is 0 Å². The third kappa shape index (κ3) is 52.5. The van der Waals surface area contributed by atoms with E-state index >= 15 is 0 Å². The molecule has 0 aromatic heterocycles. The Morgan fingerprint density at radius 1 is 0.0857 bits per heavy atom. The highest BCUT2D eigenvalue weighted by Crippen LogP contribution is 2.39. The summed E-state index contributed by atoms with van der Waals surface area (Å²) in [7, 11) is 0. The zero-order valence-corrected chi connectivity index (χ0v) is 97.3. The molecule has 0 nitrogen and oxygen atoms in total. The van der Waals surface area contributed by atoms with Crippen molar-refractivity contribution in [3.63, 3.8) is 0 Å². The molecule has 0 spiro atoms. The van der Waals surface area contributed by atoms with Crippen molar-refractivity contribution in [2.75, 3.05) is 0 Å². The third-order valence-corrected chi connectivity index (χ3v) is 18.5. The fourth-order valence-corrected chi connectivity index (χ4v) is 13.0. The van der Waals surface area contributed by atoms with Crippen molar-refractivity contribution in [3.05, 3.63) is 435 Å². The van der Waals surface area contributed by atoms with E-state index in [0.29, 0.717) is 0 Å². The quantitative estimate of drug-likeness (QED) is 0.114. The molecule has 0 radical (unpaired) electrons. The van der Waals surface area contributed by atoms with Crippen LogP contribution >= 0.6 is 0 Å². The summed E-state index contributed by atoms with van der Waals surface area (Å²) >= 11 is 0.